The summed E-state index contributed by atoms with van der Waals surface area (Å²) in [5.41, 5.74) is 0.336. The molecule has 148 valence electrons. The van der Waals surface area contributed by atoms with Gasteiger partial charge in [-0.1, -0.05) is 24.3 Å². The topological polar surface area (TPSA) is 24.9 Å². The molecular weight excluding hydrogens is 380 g/mol. The first kappa shape index (κ1) is 19.2. The molecule has 0 aliphatic heterocycles. The zero-order valence-corrected chi connectivity index (χ0v) is 15.9. The fourth-order valence-electron chi connectivity index (χ4n) is 3.47. The number of nitrogens with one attached hydrogen (secondary N) is 1. The van der Waals surface area contributed by atoms with Crippen molar-refractivity contribution in [2.75, 3.05) is 5.32 Å². The van der Waals surface area contributed by atoms with Crippen LogP contribution in [0.1, 0.15) is 25.0 Å². The minimum absolute atomic E-state index is 0.0458. The molecule has 0 saturated heterocycles. The van der Waals surface area contributed by atoms with E-state index >= 15 is 0 Å². The van der Waals surface area contributed by atoms with Gasteiger partial charge in [-0.25, -0.2) is 22.5 Å². The summed E-state index contributed by atoms with van der Waals surface area (Å²) in [6, 6.07) is 7.70. The third-order valence-electron chi connectivity index (χ3n) is 4.82. The van der Waals surface area contributed by atoms with E-state index in [0.29, 0.717) is 5.82 Å². The standard InChI is InChI=1S/C23H18F4N2/c1-12(2)29-17-9-8-16(11-28-17)19-22(26)20(24)18(21(25)23(19)27)15-7-6-13-4-3-5-14(13)10-15/h3,5-12H,4H2,1-2H3,(H,28,29). The first-order chi connectivity index (χ1) is 13.9. The lowest BCUT2D eigenvalue weighted by molar-refractivity contribution is 0.463. The molecular formula is C23H18F4N2. The third-order valence-corrected chi connectivity index (χ3v) is 4.82. The van der Waals surface area contributed by atoms with Gasteiger partial charge in [0.15, 0.2) is 23.3 Å². The van der Waals surface area contributed by atoms with Crippen molar-refractivity contribution in [1.82, 2.24) is 4.98 Å². The van der Waals surface area contributed by atoms with Crippen LogP contribution in [0.4, 0.5) is 23.4 Å². The molecule has 3 aromatic rings. The van der Waals surface area contributed by atoms with Crippen LogP contribution in [-0.4, -0.2) is 11.0 Å². The fraction of sp³-hybridized carbons (Fsp3) is 0.174. The fourth-order valence-corrected chi connectivity index (χ4v) is 3.47. The van der Waals surface area contributed by atoms with Crippen LogP contribution >= 0.6 is 0 Å². The Morgan fingerprint density at radius 3 is 2.07 bits per heavy atom. The van der Waals surface area contributed by atoms with Crippen molar-refractivity contribution in [3.05, 3.63) is 77.0 Å². The molecule has 29 heavy (non-hydrogen) atoms. The molecule has 1 aromatic heterocycles. The molecule has 2 nitrogen and oxygen atoms in total. The molecule has 0 atom stereocenters. The highest BCUT2D eigenvalue weighted by Crippen LogP contribution is 2.38. The highest BCUT2D eigenvalue weighted by molar-refractivity contribution is 5.76. The maximum atomic E-state index is 14.8. The number of benzene rings is 2. The van der Waals surface area contributed by atoms with Crippen LogP contribution in [0.5, 0.6) is 0 Å². The molecule has 1 N–H and O–H groups in total. The Morgan fingerprint density at radius 1 is 0.862 bits per heavy atom. The molecule has 0 fully saturated rings. The predicted molar refractivity (Wildman–Crippen MR) is 106 cm³/mol. The quantitative estimate of drug-likeness (QED) is 0.408. The number of nitrogens with zero attached hydrogens (tertiary/aromatic N) is 1. The number of rotatable bonds is 4. The van der Waals surface area contributed by atoms with Gasteiger partial charge in [0.1, 0.15) is 5.82 Å². The van der Waals surface area contributed by atoms with Crippen LogP contribution in [-0.2, 0) is 6.42 Å². The number of halogens is 4. The molecule has 0 amide bonds. The van der Waals surface area contributed by atoms with Crippen LogP contribution in [0, 0.1) is 23.3 Å². The van der Waals surface area contributed by atoms with Gasteiger partial charge in [0.2, 0.25) is 0 Å². The van der Waals surface area contributed by atoms with E-state index in [1.807, 2.05) is 26.0 Å². The van der Waals surface area contributed by atoms with Crippen LogP contribution < -0.4 is 5.32 Å². The molecule has 0 spiro atoms. The van der Waals surface area contributed by atoms with E-state index in [-0.39, 0.29) is 17.2 Å². The Hall–Kier alpha value is -3.15. The van der Waals surface area contributed by atoms with Crippen molar-refractivity contribution in [2.45, 2.75) is 26.3 Å². The zero-order valence-electron chi connectivity index (χ0n) is 15.9. The molecule has 6 heteroatoms. The van der Waals surface area contributed by atoms with E-state index in [1.165, 1.54) is 30.5 Å². The van der Waals surface area contributed by atoms with Gasteiger partial charge < -0.3 is 5.32 Å². The summed E-state index contributed by atoms with van der Waals surface area (Å²) >= 11 is 0. The molecule has 0 saturated carbocycles. The minimum Gasteiger partial charge on any atom is -0.368 e. The van der Waals surface area contributed by atoms with E-state index in [4.69, 9.17) is 0 Å². The summed E-state index contributed by atoms with van der Waals surface area (Å²) in [6.07, 6.45) is 5.63. The summed E-state index contributed by atoms with van der Waals surface area (Å²) in [5, 5.41) is 3.03. The van der Waals surface area contributed by atoms with Crippen LogP contribution in [0.3, 0.4) is 0 Å². The van der Waals surface area contributed by atoms with E-state index in [9.17, 15) is 17.6 Å². The number of hydrogen-bond donors (Lipinski definition) is 1. The smallest absolute Gasteiger partial charge is 0.170 e. The lowest BCUT2D eigenvalue weighted by Gasteiger charge is -2.14. The number of pyridine rings is 1. The molecule has 2 aromatic carbocycles. The summed E-state index contributed by atoms with van der Waals surface area (Å²) in [4.78, 5) is 4.06. The van der Waals surface area contributed by atoms with Crippen molar-refractivity contribution < 1.29 is 17.6 Å². The molecule has 0 radical (unpaired) electrons. The van der Waals surface area contributed by atoms with Crippen LogP contribution in [0.25, 0.3) is 28.3 Å². The van der Waals surface area contributed by atoms with Gasteiger partial charge in [0.05, 0.1) is 11.1 Å². The lowest BCUT2D eigenvalue weighted by atomic mass is 9.96. The zero-order chi connectivity index (χ0) is 20.7. The Balaban J connectivity index is 1.82. The number of aromatic nitrogens is 1. The highest BCUT2D eigenvalue weighted by Gasteiger charge is 2.27. The van der Waals surface area contributed by atoms with E-state index in [0.717, 1.165) is 17.5 Å². The van der Waals surface area contributed by atoms with Crippen molar-refractivity contribution in [3.8, 4) is 22.3 Å². The minimum atomic E-state index is -1.44. The Morgan fingerprint density at radius 2 is 1.48 bits per heavy atom. The average molecular weight is 398 g/mol. The number of anilines is 1. The van der Waals surface area contributed by atoms with Crippen molar-refractivity contribution in [1.29, 1.82) is 0 Å². The van der Waals surface area contributed by atoms with E-state index in [2.05, 4.69) is 10.3 Å². The monoisotopic (exact) mass is 398 g/mol. The summed E-state index contributed by atoms with van der Waals surface area (Å²) in [5.74, 6) is -5.24. The molecule has 0 bridgehead atoms. The average Bonchev–Trinajstić information content (AvgIpc) is 3.16. The van der Waals surface area contributed by atoms with Gasteiger partial charge in [0.25, 0.3) is 0 Å². The van der Waals surface area contributed by atoms with Crippen molar-refractivity contribution in [3.63, 3.8) is 0 Å². The first-order valence-corrected chi connectivity index (χ1v) is 9.25. The van der Waals surface area contributed by atoms with Crippen molar-refractivity contribution >= 4 is 11.9 Å². The van der Waals surface area contributed by atoms with Gasteiger partial charge in [-0.15, -0.1) is 0 Å². The first-order valence-electron chi connectivity index (χ1n) is 9.25. The largest absolute Gasteiger partial charge is 0.368 e. The molecule has 1 heterocycles. The summed E-state index contributed by atoms with van der Waals surface area (Å²) in [7, 11) is 0. The molecule has 1 aliphatic carbocycles. The Labute approximate surface area is 165 Å². The van der Waals surface area contributed by atoms with Gasteiger partial charge in [-0.3, -0.25) is 0 Å². The van der Waals surface area contributed by atoms with Crippen LogP contribution in [0.15, 0.2) is 42.6 Å². The second kappa shape index (κ2) is 7.35. The lowest BCUT2D eigenvalue weighted by Crippen LogP contribution is -2.10. The third kappa shape index (κ3) is 3.39. The normalized spacial score (nSPS) is 12.5. The van der Waals surface area contributed by atoms with E-state index < -0.39 is 34.4 Å². The van der Waals surface area contributed by atoms with Gasteiger partial charge >= 0.3 is 0 Å². The van der Waals surface area contributed by atoms with Crippen LogP contribution in [0.2, 0.25) is 0 Å². The predicted octanol–water partition coefficient (Wildman–Crippen LogP) is 6.36. The second-order valence-corrected chi connectivity index (χ2v) is 7.26. The van der Waals surface area contributed by atoms with E-state index in [1.54, 1.807) is 6.07 Å². The summed E-state index contributed by atoms with van der Waals surface area (Å²) < 4.78 is 59.3. The number of hydrogen-bond acceptors (Lipinski definition) is 2. The molecule has 1 aliphatic rings. The van der Waals surface area contributed by atoms with Gasteiger partial charge in [0, 0.05) is 17.8 Å². The second-order valence-electron chi connectivity index (χ2n) is 7.26. The Bertz CT molecular complexity index is 1090. The van der Waals surface area contributed by atoms with Gasteiger partial charge in [-0.05, 0) is 55.2 Å². The number of allylic oxidation sites excluding steroid dienone is 1. The Kier molecular flexibility index (Phi) is 4.86. The molecule has 4 rings (SSSR count). The number of fused-ring (bicyclic) bond motifs is 1. The summed E-state index contributed by atoms with van der Waals surface area (Å²) in [6.45, 7) is 3.82. The molecule has 0 unspecified atom stereocenters. The highest BCUT2D eigenvalue weighted by atomic mass is 19.2. The van der Waals surface area contributed by atoms with Gasteiger partial charge in [-0.2, -0.15) is 0 Å². The SMILES string of the molecule is CC(C)Nc1ccc(-c2c(F)c(F)c(-c3ccc4c(c3)C=CC4)c(F)c2F)cn1. The maximum Gasteiger partial charge on any atom is 0.170 e. The van der Waals surface area contributed by atoms with Crippen molar-refractivity contribution in [2.24, 2.45) is 0 Å². The maximum absolute atomic E-state index is 14.8.